The summed E-state index contributed by atoms with van der Waals surface area (Å²) >= 11 is 1.36. The highest BCUT2D eigenvalue weighted by molar-refractivity contribution is 8.12. The van der Waals surface area contributed by atoms with Gasteiger partial charge in [0.2, 0.25) is 0 Å². The molecule has 0 unspecified atom stereocenters. The van der Waals surface area contributed by atoms with Crippen molar-refractivity contribution in [3.63, 3.8) is 0 Å². The van der Waals surface area contributed by atoms with Crippen molar-refractivity contribution in [2.24, 2.45) is 0 Å². The quantitative estimate of drug-likeness (QED) is 0.787. The van der Waals surface area contributed by atoms with Crippen LogP contribution in [0.25, 0.3) is 0 Å². The van der Waals surface area contributed by atoms with E-state index in [1.807, 2.05) is 60.7 Å². The SMILES string of the molecule is O=S(=O)(CSc1ccccc1)Cc1ccccc1. The Morgan fingerprint density at radius 2 is 1.39 bits per heavy atom. The summed E-state index contributed by atoms with van der Waals surface area (Å²) in [5.74, 6) is 0.105. The third kappa shape index (κ3) is 4.20. The Bertz CT molecular complexity index is 578. The molecule has 2 rings (SSSR count). The topological polar surface area (TPSA) is 34.1 Å². The molecule has 0 atom stereocenters. The van der Waals surface area contributed by atoms with E-state index in [4.69, 9.17) is 0 Å². The minimum atomic E-state index is -3.07. The average molecular weight is 278 g/mol. The minimum Gasteiger partial charge on any atom is -0.228 e. The van der Waals surface area contributed by atoms with Gasteiger partial charge >= 0.3 is 0 Å². The molecule has 4 heteroatoms. The Labute approximate surface area is 112 Å². The van der Waals surface area contributed by atoms with Gasteiger partial charge in [-0.15, -0.1) is 11.8 Å². The van der Waals surface area contributed by atoms with Gasteiger partial charge in [-0.05, 0) is 17.7 Å². The molecule has 2 aromatic carbocycles. The van der Waals surface area contributed by atoms with Crippen molar-refractivity contribution in [1.29, 1.82) is 0 Å². The van der Waals surface area contributed by atoms with E-state index in [0.717, 1.165) is 10.5 Å². The van der Waals surface area contributed by atoms with Crippen LogP contribution in [0, 0.1) is 0 Å². The van der Waals surface area contributed by atoms with Crippen molar-refractivity contribution in [2.75, 3.05) is 5.08 Å². The fraction of sp³-hybridized carbons (Fsp3) is 0.143. The van der Waals surface area contributed by atoms with Crippen molar-refractivity contribution in [3.05, 3.63) is 66.2 Å². The fourth-order valence-electron chi connectivity index (χ4n) is 1.54. The predicted octanol–water partition coefficient (Wildman–Crippen LogP) is 3.35. The molecule has 0 saturated heterocycles. The van der Waals surface area contributed by atoms with Crippen LogP contribution in [-0.4, -0.2) is 13.5 Å². The number of benzene rings is 2. The van der Waals surface area contributed by atoms with Crippen molar-refractivity contribution in [1.82, 2.24) is 0 Å². The second-order valence-electron chi connectivity index (χ2n) is 3.95. The highest BCUT2D eigenvalue weighted by Gasteiger charge is 2.12. The van der Waals surface area contributed by atoms with Crippen LogP contribution in [0.2, 0.25) is 0 Å². The van der Waals surface area contributed by atoms with Gasteiger partial charge in [0.15, 0.2) is 9.84 Å². The summed E-state index contributed by atoms with van der Waals surface area (Å²) in [5, 5.41) is 0.117. The molecule has 0 radical (unpaired) electrons. The van der Waals surface area contributed by atoms with Crippen LogP contribution >= 0.6 is 11.8 Å². The third-order valence-corrected chi connectivity index (χ3v) is 5.66. The van der Waals surface area contributed by atoms with Gasteiger partial charge < -0.3 is 0 Å². The van der Waals surface area contributed by atoms with Crippen LogP contribution in [0.3, 0.4) is 0 Å². The summed E-state index contributed by atoms with van der Waals surface area (Å²) in [7, 11) is -3.07. The maximum atomic E-state index is 12.0. The zero-order chi connectivity index (χ0) is 12.8. The maximum Gasteiger partial charge on any atom is 0.164 e. The van der Waals surface area contributed by atoms with Crippen molar-refractivity contribution < 1.29 is 8.42 Å². The zero-order valence-corrected chi connectivity index (χ0v) is 11.5. The van der Waals surface area contributed by atoms with Gasteiger partial charge in [-0.1, -0.05) is 48.5 Å². The van der Waals surface area contributed by atoms with Crippen LogP contribution < -0.4 is 0 Å². The van der Waals surface area contributed by atoms with Gasteiger partial charge in [0.25, 0.3) is 0 Å². The smallest absolute Gasteiger partial charge is 0.164 e. The van der Waals surface area contributed by atoms with Gasteiger partial charge in [-0.3, -0.25) is 0 Å². The van der Waals surface area contributed by atoms with Crippen LogP contribution in [0.5, 0.6) is 0 Å². The van der Waals surface area contributed by atoms with Crippen LogP contribution in [0.1, 0.15) is 5.56 Å². The molecular formula is C14H14O2S2. The second kappa shape index (κ2) is 6.07. The van der Waals surface area contributed by atoms with Gasteiger partial charge in [0.05, 0.1) is 5.75 Å². The van der Waals surface area contributed by atoms with Crippen molar-refractivity contribution >= 4 is 21.6 Å². The molecule has 0 aliphatic heterocycles. The standard InChI is InChI=1S/C14H14O2S2/c15-18(16,11-13-7-3-1-4-8-13)12-17-14-9-5-2-6-10-14/h1-10H,11-12H2. The first-order chi connectivity index (χ1) is 8.66. The normalized spacial score (nSPS) is 11.3. The summed E-state index contributed by atoms with van der Waals surface area (Å²) in [4.78, 5) is 0.981. The monoisotopic (exact) mass is 278 g/mol. The van der Waals surface area contributed by atoms with Crippen LogP contribution in [-0.2, 0) is 15.6 Å². The number of hydrogen-bond donors (Lipinski definition) is 0. The van der Waals surface area contributed by atoms with E-state index in [9.17, 15) is 8.42 Å². The molecule has 0 saturated carbocycles. The van der Waals surface area contributed by atoms with Gasteiger partial charge in [-0.25, -0.2) is 8.42 Å². The molecule has 0 aliphatic rings. The van der Waals surface area contributed by atoms with E-state index in [2.05, 4.69) is 0 Å². The summed E-state index contributed by atoms with van der Waals surface area (Å²) < 4.78 is 23.9. The van der Waals surface area contributed by atoms with Gasteiger partial charge in [0, 0.05) is 4.90 Å². The Morgan fingerprint density at radius 1 is 0.833 bits per heavy atom. The van der Waals surface area contributed by atoms with E-state index in [0.29, 0.717) is 0 Å². The van der Waals surface area contributed by atoms with Crippen LogP contribution in [0.15, 0.2) is 65.6 Å². The van der Waals surface area contributed by atoms with Crippen molar-refractivity contribution in [2.45, 2.75) is 10.6 Å². The lowest BCUT2D eigenvalue weighted by Gasteiger charge is -2.04. The van der Waals surface area contributed by atoms with Gasteiger partial charge in [-0.2, -0.15) is 0 Å². The molecule has 2 aromatic rings. The molecule has 0 spiro atoms. The van der Waals surface area contributed by atoms with E-state index in [-0.39, 0.29) is 10.8 Å². The summed E-state index contributed by atoms with van der Waals surface area (Å²) in [6, 6.07) is 18.8. The lowest BCUT2D eigenvalue weighted by molar-refractivity contribution is 0.600. The Morgan fingerprint density at radius 3 is 2.00 bits per heavy atom. The molecule has 0 bridgehead atoms. The predicted molar refractivity (Wildman–Crippen MR) is 76.2 cm³/mol. The molecule has 0 amide bonds. The summed E-state index contributed by atoms with van der Waals surface area (Å²) in [5.41, 5.74) is 0.839. The lowest BCUT2D eigenvalue weighted by atomic mass is 10.2. The lowest BCUT2D eigenvalue weighted by Crippen LogP contribution is -2.06. The molecule has 0 N–H and O–H groups in total. The van der Waals surface area contributed by atoms with Crippen LogP contribution in [0.4, 0.5) is 0 Å². The highest BCUT2D eigenvalue weighted by Crippen LogP contribution is 2.20. The highest BCUT2D eigenvalue weighted by atomic mass is 32.3. The average Bonchev–Trinajstić information content (AvgIpc) is 2.38. The molecule has 0 heterocycles. The Balaban J connectivity index is 1.96. The van der Waals surface area contributed by atoms with E-state index < -0.39 is 9.84 Å². The molecule has 94 valence electrons. The molecular weight excluding hydrogens is 264 g/mol. The molecule has 0 aliphatic carbocycles. The Hall–Kier alpha value is -1.26. The second-order valence-corrected chi connectivity index (χ2v) is 7.43. The first-order valence-electron chi connectivity index (χ1n) is 5.58. The zero-order valence-electron chi connectivity index (χ0n) is 9.82. The Kier molecular flexibility index (Phi) is 4.44. The number of rotatable bonds is 5. The molecule has 0 fully saturated rings. The molecule has 2 nitrogen and oxygen atoms in total. The third-order valence-electron chi connectivity index (χ3n) is 2.38. The van der Waals surface area contributed by atoms with Crippen molar-refractivity contribution in [3.8, 4) is 0 Å². The molecule has 0 aromatic heterocycles. The fourth-order valence-corrected chi connectivity index (χ4v) is 4.19. The number of hydrogen-bond acceptors (Lipinski definition) is 3. The van der Waals surface area contributed by atoms with Gasteiger partial charge in [0.1, 0.15) is 5.08 Å². The first-order valence-corrected chi connectivity index (χ1v) is 8.39. The number of thioether (sulfide) groups is 1. The van der Waals surface area contributed by atoms with E-state index in [1.54, 1.807) is 0 Å². The summed E-state index contributed by atoms with van der Waals surface area (Å²) in [6.07, 6.45) is 0. The molecule has 18 heavy (non-hydrogen) atoms. The largest absolute Gasteiger partial charge is 0.228 e. The maximum absolute atomic E-state index is 12.0. The summed E-state index contributed by atoms with van der Waals surface area (Å²) in [6.45, 7) is 0. The van der Waals surface area contributed by atoms with E-state index in [1.165, 1.54) is 11.8 Å². The number of sulfone groups is 1. The van der Waals surface area contributed by atoms with E-state index >= 15 is 0 Å². The minimum absolute atomic E-state index is 0.105. The first kappa shape index (κ1) is 13.2.